The van der Waals surface area contributed by atoms with E-state index in [9.17, 15) is 9.59 Å². The first-order valence-electron chi connectivity index (χ1n) is 8.81. The van der Waals surface area contributed by atoms with Gasteiger partial charge in [-0.25, -0.2) is 0 Å². The maximum atomic E-state index is 12.6. The molecule has 0 aliphatic carbocycles. The summed E-state index contributed by atoms with van der Waals surface area (Å²) in [7, 11) is 1.76. The van der Waals surface area contributed by atoms with Crippen LogP contribution in [0.5, 0.6) is 0 Å². The van der Waals surface area contributed by atoms with Crippen molar-refractivity contribution >= 4 is 17.4 Å². The molecule has 1 amide bonds. The Labute approximate surface area is 159 Å². The van der Waals surface area contributed by atoms with Gasteiger partial charge in [0.15, 0.2) is 5.78 Å². The first-order valence-corrected chi connectivity index (χ1v) is 8.81. The first-order chi connectivity index (χ1) is 12.8. The Morgan fingerprint density at radius 1 is 0.926 bits per heavy atom. The number of nitrogens with zero attached hydrogens (tertiary/aromatic N) is 2. The zero-order chi connectivity index (χ0) is 19.6. The molecule has 2 aromatic carbocycles. The van der Waals surface area contributed by atoms with E-state index in [-0.39, 0.29) is 17.1 Å². The highest BCUT2D eigenvalue weighted by Crippen LogP contribution is 2.22. The molecule has 5 nitrogen and oxygen atoms in total. The van der Waals surface area contributed by atoms with Crippen LogP contribution in [0.2, 0.25) is 0 Å². The molecule has 0 atom stereocenters. The number of ketones is 1. The molecule has 1 aromatic heterocycles. The Balaban J connectivity index is 1.74. The van der Waals surface area contributed by atoms with Crippen molar-refractivity contribution < 1.29 is 9.59 Å². The minimum Gasteiger partial charge on any atom is -0.321 e. The van der Waals surface area contributed by atoms with Gasteiger partial charge >= 0.3 is 0 Å². The molecule has 0 fully saturated rings. The molecule has 27 heavy (non-hydrogen) atoms. The molecule has 3 rings (SSSR count). The number of carbonyl (C=O) groups is 2. The maximum Gasteiger partial charge on any atom is 0.273 e. The quantitative estimate of drug-likeness (QED) is 0.708. The minimum absolute atomic E-state index is 0.0464. The number of amides is 1. The van der Waals surface area contributed by atoms with E-state index >= 15 is 0 Å². The molecule has 1 heterocycles. The summed E-state index contributed by atoms with van der Waals surface area (Å²) in [5.41, 5.74) is 3.07. The topological polar surface area (TPSA) is 64.0 Å². The second-order valence-corrected chi connectivity index (χ2v) is 7.52. The lowest BCUT2D eigenvalue weighted by atomic mass is 9.92. The fourth-order valence-corrected chi connectivity index (χ4v) is 2.70. The Morgan fingerprint density at radius 3 is 2.07 bits per heavy atom. The highest BCUT2D eigenvalue weighted by molar-refractivity contribution is 6.09. The zero-order valence-corrected chi connectivity index (χ0v) is 16.0. The standard InChI is InChI=1S/C22H23N3O2/c1-22(2,3)19-14-18(25(4)24-19)21(27)23-17-12-10-16(11-13-17)20(26)15-8-6-5-7-9-15/h5-14H,1-4H3,(H,23,27). The fourth-order valence-electron chi connectivity index (χ4n) is 2.70. The van der Waals surface area contributed by atoms with Crippen molar-refractivity contribution in [2.75, 3.05) is 5.32 Å². The van der Waals surface area contributed by atoms with Gasteiger partial charge in [-0.1, -0.05) is 51.1 Å². The van der Waals surface area contributed by atoms with Crippen molar-refractivity contribution in [2.24, 2.45) is 7.05 Å². The summed E-state index contributed by atoms with van der Waals surface area (Å²) >= 11 is 0. The number of benzene rings is 2. The van der Waals surface area contributed by atoms with Crippen LogP contribution in [-0.4, -0.2) is 21.5 Å². The van der Waals surface area contributed by atoms with Crippen LogP contribution in [0.3, 0.4) is 0 Å². The molecule has 0 aliphatic heterocycles. The average molecular weight is 361 g/mol. The Morgan fingerprint density at radius 2 is 1.52 bits per heavy atom. The summed E-state index contributed by atoms with van der Waals surface area (Å²) in [6, 6.07) is 17.8. The average Bonchev–Trinajstić information content (AvgIpc) is 3.05. The number of rotatable bonds is 4. The third-order valence-electron chi connectivity index (χ3n) is 4.32. The van der Waals surface area contributed by atoms with Crippen molar-refractivity contribution in [3.05, 3.63) is 83.2 Å². The molecular weight excluding hydrogens is 338 g/mol. The van der Waals surface area contributed by atoms with E-state index in [4.69, 9.17) is 0 Å². The summed E-state index contributed by atoms with van der Waals surface area (Å²) in [6.07, 6.45) is 0. The largest absolute Gasteiger partial charge is 0.321 e. The number of anilines is 1. The second kappa shape index (κ2) is 7.19. The lowest BCUT2D eigenvalue weighted by Gasteiger charge is -2.13. The molecule has 0 radical (unpaired) electrons. The predicted octanol–water partition coefficient (Wildman–Crippen LogP) is 4.20. The molecule has 0 bridgehead atoms. The second-order valence-electron chi connectivity index (χ2n) is 7.52. The summed E-state index contributed by atoms with van der Waals surface area (Å²) < 4.78 is 1.59. The van der Waals surface area contributed by atoms with E-state index in [2.05, 4.69) is 31.2 Å². The Bertz CT molecular complexity index is 965. The highest BCUT2D eigenvalue weighted by atomic mass is 16.2. The van der Waals surface area contributed by atoms with E-state index < -0.39 is 0 Å². The minimum atomic E-state index is -0.234. The highest BCUT2D eigenvalue weighted by Gasteiger charge is 2.21. The number of aryl methyl sites for hydroxylation is 1. The van der Waals surface area contributed by atoms with Crippen LogP contribution in [-0.2, 0) is 12.5 Å². The molecule has 0 saturated carbocycles. The molecule has 0 saturated heterocycles. The van der Waals surface area contributed by atoms with Crippen molar-refractivity contribution in [1.29, 1.82) is 0 Å². The molecule has 3 aromatic rings. The van der Waals surface area contributed by atoms with Gasteiger partial charge in [-0.3, -0.25) is 14.3 Å². The molecule has 5 heteroatoms. The first kappa shape index (κ1) is 18.6. The van der Waals surface area contributed by atoms with Gasteiger partial charge in [0.25, 0.3) is 5.91 Å². The number of hydrogen-bond donors (Lipinski definition) is 1. The van der Waals surface area contributed by atoms with Gasteiger partial charge in [-0.15, -0.1) is 0 Å². The van der Waals surface area contributed by atoms with Crippen molar-refractivity contribution in [3.63, 3.8) is 0 Å². The van der Waals surface area contributed by atoms with Crippen LogP contribution in [0.4, 0.5) is 5.69 Å². The molecule has 0 aliphatic rings. The van der Waals surface area contributed by atoms with Gasteiger partial charge < -0.3 is 5.32 Å². The number of hydrogen-bond acceptors (Lipinski definition) is 3. The molecule has 0 spiro atoms. The third-order valence-corrected chi connectivity index (χ3v) is 4.32. The predicted molar refractivity (Wildman–Crippen MR) is 106 cm³/mol. The van der Waals surface area contributed by atoms with Crippen molar-refractivity contribution in [2.45, 2.75) is 26.2 Å². The zero-order valence-electron chi connectivity index (χ0n) is 16.0. The van der Waals surface area contributed by atoms with Crippen LogP contribution in [0.1, 0.15) is 52.9 Å². The maximum absolute atomic E-state index is 12.6. The summed E-state index contributed by atoms with van der Waals surface area (Å²) in [6.45, 7) is 6.17. The van der Waals surface area contributed by atoms with Gasteiger partial charge in [0, 0.05) is 29.3 Å². The Kier molecular flexibility index (Phi) is 4.95. The van der Waals surface area contributed by atoms with Gasteiger partial charge in [-0.2, -0.15) is 5.10 Å². The molecular formula is C22H23N3O2. The fraction of sp³-hybridized carbons (Fsp3) is 0.227. The molecule has 138 valence electrons. The number of nitrogens with one attached hydrogen (secondary N) is 1. The van der Waals surface area contributed by atoms with E-state index in [1.807, 2.05) is 24.3 Å². The van der Waals surface area contributed by atoms with Crippen LogP contribution in [0.25, 0.3) is 0 Å². The number of carbonyl (C=O) groups excluding carboxylic acids is 2. The normalized spacial score (nSPS) is 11.3. The van der Waals surface area contributed by atoms with Crippen molar-refractivity contribution in [1.82, 2.24) is 9.78 Å². The SMILES string of the molecule is Cn1nc(C(C)(C)C)cc1C(=O)Nc1ccc(C(=O)c2ccccc2)cc1. The van der Waals surface area contributed by atoms with Gasteiger partial charge in [0.05, 0.1) is 5.69 Å². The van der Waals surface area contributed by atoms with Crippen molar-refractivity contribution in [3.8, 4) is 0 Å². The summed E-state index contributed by atoms with van der Waals surface area (Å²) in [5.74, 6) is -0.280. The van der Waals surface area contributed by atoms with Crippen LogP contribution < -0.4 is 5.32 Å². The molecule has 1 N–H and O–H groups in total. The summed E-state index contributed by atoms with van der Waals surface area (Å²) in [5, 5.41) is 7.29. The molecule has 0 unspecified atom stereocenters. The summed E-state index contributed by atoms with van der Waals surface area (Å²) in [4.78, 5) is 25.0. The Hall–Kier alpha value is -3.21. The van der Waals surface area contributed by atoms with E-state index in [0.717, 1.165) is 5.69 Å². The van der Waals surface area contributed by atoms with E-state index in [1.165, 1.54) is 0 Å². The van der Waals surface area contributed by atoms with Crippen LogP contribution in [0, 0.1) is 0 Å². The van der Waals surface area contributed by atoms with Crippen LogP contribution in [0.15, 0.2) is 60.7 Å². The monoisotopic (exact) mass is 361 g/mol. The smallest absolute Gasteiger partial charge is 0.273 e. The van der Waals surface area contributed by atoms with Crippen LogP contribution >= 0.6 is 0 Å². The lowest BCUT2D eigenvalue weighted by molar-refractivity contribution is 0.101. The third kappa shape index (κ3) is 4.14. The number of aromatic nitrogens is 2. The van der Waals surface area contributed by atoms with Gasteiger partial charge in [-0.05, 0) is 30.3 Å². The van der Waals surface area contributed by atoms with E-state index in [0.29, 0.717) is 22.5 Å². The van der Waals surface area contributed by atoms with Gasteiger partial charge in [0.2, 0.25) is 0 Å². The van der Waals surface area contributed by atoms with Gasteiger partial charge in [0.1, 0.15) is 5.69 Å². The van der Waals surface area contributed by atoms with E-state index in [1.54, 1.807) is 48.1 Å². The lowest BCUT2D eigenvalue weighted by Crippen LogP contribution is -2.16.